The van der Waals surface area contributed by atoms with Crippen molar-refractivity contribution in [3.05, 3.63) is 52.0 Å². The van der Waals surface area contributed by atoms with Crippen LogP contribution in [0.25, 0.3) is 11.1 Å². The zero-order chi connectivity index (χ0) is 21.6. The SMILES string of the molecule is CCOC(=O)C(SCc1ccc(OC)cc1-c1c(Cl)cccc1Cl)C(=O)C(C)C. The number of halogens is 2. The molecule has 7 heteroatoms. The second-order valence-corrected chi connectivity index (χ2v) is 8.53. The molecule has 0 heterocycles. The fourth-order valence-corrected chi connectivity index (χ4v) is 4.60. The molecule has 1 atom stereocenters. The molecule has 0 saturated heterocycles. The molecule has 0 aliphatic carbocycles. The average molecular weight is 455 g/mol. The summed E-state index contributed by atoms with van der Waals surface area (Å²) in [5.74, 6) is 0.125. The fraction of sp³-hybridized carbons (Fsp3) is 0.364. The molecule has 4 nitrogen and oxygen atoms in total. The third kappa shape index (κ3) is 5.91. The number of hydrogen-bond donors (Lipinski definition) is 0. The number of hydrogen-bond acceptors (Lipinski definition) is 5. The monoisotopic (exact) mass is 454 g/mol. The van der Waals surface area contributed by atoms with Gasteiger partial charge in [0.15, 0.2) is 11.0 Å². The van der Waals surface area contributed by atoms with Crippen molar-refractivity contribution >= 4 is 46.7 Å². The predicted octanol–water partition coefficient (Wildman–Crippen LogP) is 6.06. The van der Waals surface area contributed by atoms with E-state index in [1.165, 1.54) is 11.8 Å². The number of benzene rings is 2. The van der Waals surface area contributed by atoms with Gasteiger partial charge in [-0.2, -0.15) is 0 Å². The first-order valence-corrected chi connectivity index (χ1v) is 11.0. The molecule has 0 spiro atoms. The van der Waals surface area contributed by atoms with Crippen LogP contribution in [0, 0.1) is 5.92 Å². The Morgan fingerprint density at radius 3 is 2.31 bits per heavy atom. The van der Waals surface area contributed by atoms with E-state index in [9.17, 15) is 9.59 Å². The van der Waals surface area contributed by atoms with Crippen LogP contribution in [0.3, 0.4) is 0 Å². The molecule has 0 N–H and O–H groups in total. The summed E-state index contributed by atoms with van der Waals surface area (Å²) in [5.41, 5.74) is 2.37. The van der Waals surface area contributed by atoms with Gasteiger partial charge in [-0.1, -0.05) is 49.2 Å². The lowest BCUT2D eigenvalue weighted by atomic mass is 10.00. The topological polar surface area (TPSA) is 52.6 Å². The van der Waals surface area contributed by atoms with Crippen molar-refractivity contribution in [3.63, 3.8) is 0 Å². The van der Waals surface area contributed by atoms with Gasteiger partial charge in [0.25, 0.3) is 0 Å². The van der Waals surface area contributed by atoms with E-state index < -0.39 is 11.2 Å². The molecule has 156 valence electrons. The Morgan fingerprint density at radius 2 is 1.76 bits per heavy atom. The smallest absolute Gasteiger partial charge is 0.326 e. The van der Waals surface area contributed by atoms with E-state index in [1.807, 2.05) is 18.2 Å². The first kappa shape index (κ1) is 23.6. The second-order valence-electron chi connectivity index (χ2n) is 6.62. The molecule has 29 heavy (non-hydrogen) atoms. The van der Waals surface area contributed by atoms with Crippen molar-refractivity contribution in [1.29, 1.82) is 0 Å². The third-order valence-electron chi connectivity index (χ3n) is 4.28. The van der Waals surface area contributed by atoms with Crippen LogP contribution in [0.5, 0.6) is 5.75 Å². The lowest BCUT2D eigenvalue weighted by Crippen LogP contribution is -2.32. The minimum absolute atomic E-state index is 0.153. The first-order chi connectivity index (χ1) is 13.8. The molecule has 0 amide bonds. The Morgan fingerprint density at radius 1 is 1.10 bits per heavy atom. The molecule has 0 bridgehead atoms. The van der Waals surface area contributed by atoms with Crippen molar-refractivity contribution in [2.45, 2.75) is 31.8 Å². The molecule has 2 aromatic rings. The van der Waals surface area contributed by atoms with Gasteiger partial charge in [-0.05, 0) is 42.3 Å². The van der Waals surface area contributed by atoms with E-state index >= 15 is 0 Å². The summed E-state index contributed by atoms with van der Waals surface area (Å²) in [4.78, 5) is 24.9. The summed E-state index contributed by atoms with van der Waals surface area (Å²) in [6, 6.07) is 10.9. The van der Waals surface area contributed by atoms with Gasteiger partial charge < -0.3 is 9.47 Å². The van der Waals surface area contributed by atoms with E-state index in [4.69, 9.17) is 32.7 Å². The molecule has 2 rings (SSSR count). The number of methoxy groups -OCH3 is 1. The molecule has 0 aliphatic rings. The number of Topliss-reactive ketones (excluding diaryl/α,β-unsaturated/α-hetero) is 1. The average Bonchev–Trinajstić information content (AvgIpc) is 2.68. The number of carbonyl (C=O) groups excluding carboxylic acids is 2. The number of ether oxygens (including phenoxy) is 2. The van der Waals surface area contributed by atoms with Gasteiger partial charge in [0, 0.05) is 27.3 Å². The van der Waals surface area contributed by atoms with Gasteiger partial charge in [-0.25, -0.2) is 0 Å². The number of thioether (sulfide) groups is 1. The van der Waals surface area contributed by atoms with Crippen molar-refractivity contribution in [2.24, 2.45) is 5.92 Å². The van der Waals surface area contributed by atoms with E-state index in [1.54, 1.807) is 46.1 Å². The normalized spacial score (nSPS) is 12.0. The summed E-state index contributed by atoms with van der Waals surface area (Å²) in [5, 5.41) is 0.140. The van der Waals surface area contributed by atoms with E-state index in [0.29, 0.717) is 27.1 Å². The van der Waals surface area contributed by atoms with E-state index in [2.05, 4.69) is 0 Å². The first-order valence-electron chi connectivity index (χ1n) is 9.23. The summed E-state index contributed by atoms with van der Waals surface area (Å²) in [7, 11) is 1.58. The lowest BCUT2D eigenvalue weighted by Gasteiger charge is -2.18. The Hall–Kier alpha value is -1.69. The summed E-state index contributed by atoms with van der Waals surface area (Å²) in [6.07, 6.45) is 0. The van der Waals surface area contributed by atoms with Gasteiger partial charge >= 0.3 is 5.97 Å². The highest BCUT2D eigenvalue weighted by Gasteiger charge is 2.30. The summed E-state index contributed by atoms with van der Waals surface area (Å²) < 4.78 is 10.5. The van der Waals surface area contributed by atoms with E-state index in [-0.39, 0.29) is 18.3 Å². The van der Waals surface area contributed by atoms with Crippen molar-refractivity contribution < 1.29 is 19.1 Å². The molecule has 0 fully saturated rings. The molecule has 0 saturated carbocycles. The van der Waals surface area contributed by atoms with Crippen molar-refractivity contribution in [1.82, 2.24) is 0 Å². The highest BCUT2D eigenvalue weighted by molar-refractivity contribution is 8.00. The van der Waals surface area contributed by atoms with Crippen LogP contribution in [0.4, 0.5) is 0 Å². The maximum Gasteiger partial charge on any atom is 0.326 e. The van der Waals surface area contributed by atoms with Crippen molar-refractivity contribution in [3.8, 4) is 16.9 Å². The third-order valence-corrected chi connectivity index (χ3v) is 6.15. The fourth-order valence-electron chi connectivity index (χ4n) is 2.76. The van der Waals surface area contributed by atoms with Gasteiger partial charge in [-0.3, -0.25) is 9.59 Å². The second kappa shape index (κ2) is 10.9. The lowest BCUT2D eigenvalue weighted by molar-refractivity contribution is -0.145. The zero-order valence-corrected chi connectivity index (χ0v) is 19.2. The van der Waals surface area contributed by atoms with Crippen LogP contribution < -0.4 is 4.74 Å². The maximum absolute atomic E-state index is 12.6. The van der Waals surface area contributed by atoms with Gasteiger partial charge in [-0.15, -0.1) is 11.8 Å². The van der Waals surface area contributed by atoms with Crippen LogP contribution >= 0.6 is 35.0 Å². The molecule has 0 radical (unpaired) electrons. The molecule has 1 unspecified atom stereocenters. The van der Waals surface area contributed by atoms with Crippen LogP contribution in [-0.4, -0.2) is 30.7 Å². The molecular weight excluding hydrogens is 431 g/mol. The Balaban J connectivity index is 2.41. The molecular formula is C22H24Cl2O4S. The highest BCUT2D eigenvalue weighted by atomic mass is 35.5. The Bertz CT molecular complexity index is 863. The van der Waals surface area contributed by atoms with Gasteiger partial charge in [0.2, 0.25) is 0 Å². The van der Waals surface area contributed by atoms with Gasteiger partial charge in [0.05, 0.1) is 13.7 Å². The minimum atomic E-state index is -0.883. The quantitative estimate of drug-likeness (QED) is 0.340. The number of carbonyl (C=O) groups is 2. The summed E-state index contributed by atoms with van der Waals surface area (Å²) >= 11 is 14.1. The van der Waals surface area contributed by atoms with Crippen LogP contribution in [0.2, 0.25) is 10.0 Å². The Labute approximate surface area is 185 Å². The highest BCUT2D eigenvalue weighted by Crippen LogP contribution is 2.39. The van der Waals surface area contributed by atoms with Crippen LogP contribution in [0.1, 0.15) is 26.3 Å². The van der Waals surface area contributed by atoms with Crippen LogP contribution in [-0.2, 0) is 20.1 Å². The van der Waals surface area contributed by atoms with Crippen molar-refractivity contribution in [2.75, 3.05) is 13.7 Å². The largest absolute Gasteiger partial charge is 0.497 e. The summed E-state index contributed by atoms with van der Waals surface area (Å²) in [6.45, 7) is 5.50. The number of ketones is 1. The van der Waals surface area contributed by atoms with Gasteiger partial charge in [0.1, 0.15) is 5.75 Å². The molecule has 0 aliphatic heterocycles. The molecule has 0 aromatic heterocycles. The minimum Gasteiger partial charge on any atom is -0.497 e. The molecule has 2 aromatic carbocycles. The zero-order valence-electron chi connectivity index (χ0n) is 16.8. The predicted molar refractivity (Wildman–Crippen MR) is 120 cm³/mol. The number of esters is 1. The Kier molecular flexibility index (Phi) is 8.87. The maximum atomic E-state index is 12.6. The number of rotatable bonds is 9. The van der Waals surface area contributed by atoms with Crippen LogP contribution in [0.15, 0.2) is 36.4 Å². The standard InChI is InChI=1S/C22H24Cl2O4S/c1-5-28-22(26)21(20(25)13(2)3)29-12-14-9-10-15(27-4)11-16(14)19-17(23)7-6-8-18(19)24/h6-11,13,21H,5,12H2,1-4H3. The van der Waals surface area contributed by atoms with E-state index in [0.717, 1.165) is 11.1 Å².